The highest BCUT2D eigenvalue weighted by Crippen LogP contribution is 2.39. The van der Waals surface area contributed by atoms with E-state index in [2.05, 4.69) is 62.5 Å². The van der Waals surface area contributed by atoms with Crippen molar-refractivity contribution in [3.8, 4) is 0 Å². The molecule has 0 unspecified atom stereocenters. The summed E-state index contributed by atoms with van der Waals surface area (Å²) in [6.45, 7) is 0. The van der Waals surface area contributed by atoms with E-state index in [0.29, 0.717) is 0 Å². The molecule has 1 heterocycles. The lowest BCUT2D eigenvalue weighted by atomic mass is 10.7. The molecule has 14 heavy (non-hydrogen) atoms. The molecular formula is C5H4Br3N3O2S. The van der Waals surface area contributed by atoms with E-state index in [1.807, 2.05) is 0 Å². The summed E-state index contributed by atoms with van der Waals surface area (Å²) in [5, 5.41) is 0. The van der Waals surface area contributed by atoms with Crippen LogP contribution in [0.2, 0.25) is 0 Å². The summed E-state index contributed by atoms with van der Waals surface area (Å²) >= 11 is 8.65. The van der Waals surface area contributed by atoms with Crippen molar-refractivity contribution in [1.82, 2.24) is 9.97 Å². The highest BCUT2D eigenvalue weighted by Gasteiger charge is 2.36. The van der Waals surface area contributed by atoms with Crippen LogP contribution in [0.25, 0.3) is 0 Å². The SMILES string of the molecule is O=S(=O)(Nc1ncccn1)C(Br)(Br)Br. The second-order valence-electron chi connectivity index (χ2n) is 2.12. The molecule has 0 radical (unpaired) electrons. The third-order valence-corrected chi connectivity index (χ3v) is 5.99. The Balaban J connectivity index is 2.91. The number of hydrogen-bond acceptors (Lipinski definition) is 4. The molecule has 0 saturated carbocycles. The Kier molecular flexibility index (Phi) is 3.89. The summed E-state index contributed by atoms with van der Waals surface area (Å²) < 4.78 is 23.7. The molecule has 0 spiro atoms. The number of aromatic nitrogens is 2. The topological polar surface area (TPSA) is 72.0 Å². The van der Waals surface area contributed by atoms with Gasteiger partial charge in [-0.05, 0) is 53.9 Å². The Morgan fingerprint density at radius 2 is 1.71 bits per heavy atom. The van der Waals surface area contributed by atoms with Gasteiger partial charge in [-0.2, -0.15) is 0 Å². The summed E-state index contributed by atoms with van der Waals surface area (Å²) in [6.07, 6.45) is 2.87. The summed E-state index contributed by atoms with van der Waals surface area (Å²) in [6, 6.07) is 1.58. The zero-order chi connectivity index (χ0) is 10.8. The predicted molar refractivity (Wildman–Crippen MR) is 64.1 cm³/mol. The molecule has 0 saturated heterocycles. The van der Waals surface area contributed by atoms with Crippen LogP contribution < -0.4 is 4.72 Å². The molecule has 0 atom stereocenters. The van der Waals surface area contributed by atoms with Crippen molar-refractivity contribution in [2.24, 2.45) is 0 Å². The van der Waals surface area contributed by atoms with Crippen LogP contribution in [0.3, 0.4) is 0 Å². The van der Waals surface area contributed by atoms with Gasteiger partial charge in [-0.3, -0.25) is 0 Å². The van der Waals surface area contributed by atoms with Crippen LogP contribution in [0, 0.1) is 0 Å². The van der Waals surface area contributed by atoms with Crippen molar-refractivity contribution in [2.75, 3.05) is 4.72 Å². The Morgan fingerprint density at radius 3 is 2.14 bits per heavy atom. The lowest BCUT2D eigenvalue weighted by molar-refractivity contribution is 0.603. The van der Waals surface area contributed by atoms with E-state index in [-0.39, 0.29) is 5.95 Å². The summed E-state index contributed by atoms with van der Waals surface area (Å²) in [5.41, 5.74) is 0. The fraction of sp³-hybridized carbons (Fsp3) is 0.200. The molecule has 78 valence electrons. The third-order valence-electron chi connectivity index (χ3n) is 1.10. The van der Waals surface area contributed by atoms with Crippen LogP contribution >= 0.6 is 47.8 Å². The highest BCUT2D eigenvalue weighted by molar-refractivity contribution is 9.42. The van der Waals surface area contributed by atoms with E-state index < -0.39 is 11.5 Å². The second-order valence-corrected chi connectivity index (χ2v) is 12.3. The quantitative estimate of drug-likeness (QED) is 0.758. The van der Waals surface area contributed by atoms with Crippen LogP contribution in [-0.4, -0.2) is 19.9 Å². The van der Waals surface area contributed by atoms with E-state index in [0.717, 1.165) is 0 Å². The van der Waals surface area contributed by atoms with Gasteiger partial charge in [-0.25, -0.2) is 23.1 Å². The minimum atomic E-state index is -3.68. The van der Waals surface area contributed by atoms with Gasteiger partial charge in [0, 0.05) is 12.4 Å². The van der Waals surface area contributed by atoms with Crippen molar-refractivity contribution in [3.63, 3.8) is 0 Å². The molecule has 5 nitrogen and oxygen atoms in total. The van der Waals surface area contributed by atoms with Crippen LogP contribution in [0.15, 0.2) is 18.5 Å². The monoisotopic (exact) mass is 407 g/mol. The van der Waals surface area contributed by atoms with Gasteiger partial charge >= 0.3 is 0 Å². The number of anilines is 1. The van der Waals surface area contributed by atoms with Gasteiger partial charge in [0.25, 0.3) is 11.5 Å². The first-order chi connectivity index (χ1) is 6.33. The Labute approximate surface area is 106 Å². The van der Waals surface area contributed by atoms with Crippen molar-refractivity contribution < 1.29 is 8.42 Å². The number of nitrogens with one attached hydrogen (secondary N) is 1. The third kappa shape index (κ3) is 3.14. The summed E-state index contributed by atoms with van der Waals surface area (Å²) in [5.74, 6) is 0.00947. The fourth-order valence-electron chi connectivity index (χ4n) is 0.530. The lowest BCUT2D eigenvalue weighted by Crippen LogP contribution is -2.26. The van der Waals surface area contributed by atoms with Crippen molar-refractivity contribution in [2.45, 2.75) is 1.47 Å². The molecular weight excluding hydrogens is 406 g/mol. The van der Waals surface area contributed by atoms with Crippen molar-refractivity contribution in [3.05, 3.63) is 18.5 Å². The maximum Gasteiger partial charge on any atom is 0.271 e. The predicted octanol–water partition coefficient (Wildman–Crippen LogP) is 2.01. The molecule has 1 aromatic rings. The molecule has 1 N–H and O–H groups in total. The molecule has 0 aliphatic rings. The van der Waals surface area contributed by atoms with E-state index in [9.17, 15) is 8.42 Å². The van der Waals surface area contributed by atoms with E-state index in [4.69, 9.17) is 0 Å². The lowest BCUT2D eigenvalue weighted by Gasteiger charge is -2.13. The van der Waals surface area contributed by atoms with Gasteiger partial charge in [0.1, 0.15) is 0 Å². The van der Waals surface area contributed by atoms with E-state index >= 15 is 0 Å². The molecule has 0 fully saturated rings. The minimum absolute atomic E-state index is 0.00947. The number of alkyl halides is 3. The molecule has 0 aromatic carbocycles. The molecule has 0 aliphatic heterocycles. The summed E-state index contributed by atoms with van der Waals surface area (Å²) in [7, 11) is -3.68. The van der Waals surface area contributed by atoms with Crippen molar-refractivity contribution >= 4 is 63.8 Å². The maximum absolute atomic E-state index is 11.5. The first kappa shape index (κ1) is 12.3. The Hall–Kier alpha value is 0.270. The van der Waals surface area contributed by atoms with Crippen LogP contribution in [0.4, 0.5) is 5.95 Å². The zero-order valence-corrected chi connectivity index (χ0v) is 12.1. The smallest absolute Gasteiger partial charge is 0.249 e. The molecule has 0 amide bonds. The average Bonchev–Trinajstić information content (AvgIpc) is 2.03. The molecule has 1 rings (SSSR count). The summed E-state index contributed by atoms with van der Waals surface area (Å²) in [4.78, 5) is 7.43. The number of nitrogens with zero attached hydrogens (tertiary/aromatic N) is 2. The van der Waals surface area contributed by atoms with Gasteiger partial charge in [-0.15, -0.1) is 0 Å². The van der Waals surface area contributed by atoms with Gasteiger partial charge in [0.2, 0.25) is 5.95 Å². The normalized spacial score (nSPS) is 12.5. The number of rotatable bonds is 2. The first-order valence-electron chi connectivity index (χ1n) is 3.19. The fourth-order valence-corrected chi connectivity index (χ4v) is 1.72. The average molecular weight is 410 g/mol. The molecule has 9 heteroatoms. The van der Waals surface area contributed by atoms with Crippen molar-refractivity contribution in [1.29, 1.82) is 0 Å². The Morgan fingerprint density at radius 1 is 1.21 bits per heavy atom. The van der Waals surface area contributed by atoms with Gasteiger partial charge < -0.3 is 0 Å². The first-order valence-corrected chi connectivity index (χ1v) is 7.05. The highest BCUT2D eigenvalue weighted by atomic mass is 80.0. The minimum Gasteiger partial charge on any atom is -0.249 e. The Bertz CT molecular complexity index is 402. The number of hydrogen-bond donors (Lipinski definition) is 1. The number of sulfonamides is 1. The van der Waals surface area contributed by atoms with Gasteiger partial charge in [0.05, 0.1) is 0 Å². The molecule has 1 aromatic heterocycles. The van der Waals surface area contributed by atoms with E-state index in [1.165, 1.54) is 12.4 Å². The van der Waals surface area contributed by atoms with Crippen LogP contribution in [0.5, 0.6) is 0 Å². The largest absolute Gasteiger partial charge is 0.271 e. The number of halogens is 3. The van der Waals surface area contributed by atoms with Crippen LogP contribution in [-0.2, 0) is 10.0 Å². The zero-order valence-electron chi connectivity index (χ0n) is 6.49. The standard InChI is InChI=1S/C5H4Br3N3O2S/c6-5(7,8)14(12,13)11-4-9-2-1-3-10-4/h1-3H,(H,9,10,11). The molecule has 0 bridgehead atoms. The van der Waals surface area contributed by atoms with Gasteiger partial charge in [-0.1, -0.05) is 0 Å². The second kappa shape index (κ2) is 4.42. The van der Waals surface area contributed by atoms with Gasteiger partial charge in [0.15, 0.2) is 0 Å². The van der Waals surface area contributed by atoms with Crippen LogP contribution in [0.1, 0.15) is 0 Å². The maximum atomic E-state index is 11.5. The molecule has 0 aliphatic carbocycles. The van der Waals surface area contributed by atoms with E-state index in [1.54, 1.807) is 6.07 Å².